The average molecular weight is 313 g/mol. The molecule has 1 aliphatic rings. The number of carbonyl (C=O) groups is 1. The molecule has 0 aromatic heterocycles. The lowest BCUT2D eigenvalue weighted by molar-refractivity contribution is 0.0926. The number of amides is 1. The van der Waals surface area contributed by atoms with E-state index in [1.807, 2.05) is 0 Å². The van der Waals surface area contributed by atoms with Crippen molar-refractivity contribution < 1.29 is 14.3 Å². The number of rotatable bonds is 8. The van der Waals surface area contributed by atoms with Crippen molar-refractivity contribution in [2.45, 2.75) is 18.9 Å². The van der Waals surface area contributed by atoms with Gasteiger partial charge in [0.2, 0.25) is 0 Å². The topological polar surface area (TPSA) is 73.6 Å². The van der Waals surface area contributed by atoms with Crippen molar-refractivity contribution in [3.8, 4) is 5.75 Å². The van der Waals surface area contributed by atoms with Gasteiger partial charge in [-0.15, -0.1) is 0 Å². The highest BCUT2D eigenvalue weighted by Gasteiger charge is 2.31. The molecule has 1 aromatic rings. The van der Waals surface area contributed by atoms with Crippen molar-refractivity contribution in [2.24, 2.45) is 11.7 Å². The minimum atomic E-state index is -0.202. The van der Waals surface area contributed by atoms with Crippen LogP contribution in [0.5, 0.6) is 5.75 Å². The van der Waals surface area contributed by atoms with Gasteiger partial charge in [0.15, 0.2) is 0 Å². The minimum absolute atomic E-state index is 0.0170. The van der Waals surface area contributed by atoms with Crippen molar-refractivity contribution >= 4 is 17.5 Å². The van der Waals surface area contributed by atoms with Crippen LogP contribution in [0.15, 0.2) is 18.2 Å². The van der Waals surface area contributed by atoms with E-state index in [-0.39, 0.29) is 11.9 Å². The van der Waals surface area contributed by atoms with Gasteiger partial charge in [0.05, 0.1) is 12.2 Å². The van der Waals surface area contributed by atoms with Crippen molar-refractivity contribution in [1.82, 2.24) is 5.32 Å². The smallest absolute Gasteiger partial charge is 0.255 e. The van der Waals surface area contributed by atoms with Crippen LogP contribution in [0.1, 0.15) is 23.2 Å². The molecule has 1 unspecified atom stereocenters. The lowest BCUT2D eigenvalue weighted by Crippen LogP contribution is -2.41. The van der Waals surface area contributed by atoms with E-state index in [9.17, 15) is 4.79 Å². The quantitative estimate of drug-likeness (QED) is 0.718. The molecule has 0 spiro atoms. The van der Waals surface area contributed by atoms with E-state index in [0.29, 0.717) is 42.0 Å². The second kappa shape index (κ2) is 7.64. The van der Waals surface area contributed by atoms with Gasteiger partial charge < -0.3 is 20.5 Å². The lowest BCUT2D eigenvalue weighted by atomic mass is 10.1. The van der Waals surface area contributed by atoms with Gasteiger partial charge in [-0.1, -0.05) is 11.6 Å². The number of nitrogens with two attached hydrogens (primary N) is 1. The number of benzene rings is 1. The zero-order valence-electron chi connectivity index (χ0n) is 12.1. The van der Waals surface area contributed by atoms with Gasteiger partial charge in [-0.05, 0) is 37.0 Å². The van der Waals surface area contributed by atoms with Crippen molar-refractivity contribution in [3.63, 3.8) is 0 Å². The van der Waals surface area contributed by atoms with Crippen LogP contribution in [0.4, 0.5) is 0 Å². The summed E-state index contributed by atoms with van der Waals surface area (Å²) in [7, 11) is 1.60. The molecule has 2 rings (SSSR count). The van der Waals surface area contributed by atoms with Crippen molar-refractivity contribution in [3.05, 3.63) is 28.8 Å². The van der Waals surface area contributed by atoms with E-state index < -0.39 is 0 Å². The number of hydrogen-bond acceptors (Lipinski definition) is 4. The van der Waals surface area contributed by atoms with Gasteiger partial charge in [0, 0.05) is 24.7 Å². The van der Waals surface area contributed by atoms with E-state index in [1.54, 1.807) is 25.3 Å². The van der Waals surface area contributed by atoms with Crippen LogP contribution < -0.4 is 15.8 Å². The Hall–Kier alpha value is -1.30. The van der Waals surface area contributed by atoms with Crippen LogP contribution in [0, 0.1) is 5.92 Å². The molecule has 6 heteroatoms. The number of methoxy groups -OCH3 is 1. The number of carbonyl (C=O) groups excluding carboxylic acids is 1. The fourth-order valence-electron chi connectivity index (χ4n) is 2.15. The van der Waals surface area contributed by atoms with Crippen LogP contribution >= 0.6 is 11.6 Å². The molecular weight excluding hydrogens is 292 g/mol. The minimum Gasteiger partial charge on any atom is -0.490 e. The van der Waals surface area contributed by atoms with Crippen LogP contribution in [-0.2, 0) is 4.74 Å². The molecule has 1 saturated carbocycles. The van der Waals surface area contributed by atoms with Crippen LogP contribution in [0.2, 0.25) is 5.02 Å². The fraction of sp³-hybridized carbons (Fsp3) is 0.533. The van der Waals surface area contributed by atoms with Crippen molar-refractivity contribution in [2.75, 3.05) is 26.9 Å². The Morgan fingerprint density at radius 1 is 1.48 bits per heavy atom. The molecule has 116 valence electrons. The molecule has 3 N–H and O–H groups in total. The first-order valence-electron chi connectivity index (χ1n) is 7.08. The van der Waals surface area contributed by atoms with Crippen molar-refractivity contribution in [1.29, 1.82) is 0 Å². The van der Waals surface area contributed by atoms with Crippen LogP contribution in [0.3, 0.4) is 0 Å². The maximum Gasteiger partial charge on any atom is 0.255 e. The Balaban J connectivity index is 2.08. The molecule has 1 aliphatic carbocycles. The molecule has 21 heavy (non-hydrogen) atoms. The number of nitrogens with one attached hydrogen (secondary N) is 1. The van der Waals surface area contributed by atoms with Crippen LogP contribution in [0.25, 0.3) is 0 Å². The molecular formula is C15H21ClN2O3. The van der Waals surface area contributed by atoms with E-state index in [2.05, 4.69) is 5.32 Å². The monoisotopic (exact) mass is 312 g/mol. The fourth-order valence-corrected chi connectivity index (χ4v) is 2.33. The highest BCUT2D eigenvalue weighted by molar-refractivity contribution is 6.31. The molecule has 0 heterocycles. The first-order valence-corrected chi connectivity index (χ1v) is 7.45. The Morgan fingerprint density at radius 3 is 2.86 bits per heavy atom. The normalized spacial score (nSPS) is 15.6. The molecule has 5 nitrogen and oxygen atoms in total. The van der Waals surface area contributed by atoms with Gasteiger partial charge in [-0.2, -0.15) is 0 Å². The summed E-state index contributed by atoms with van der Waals surface area (Å²) in [6, 6.07) is 5.02. The largest absolute Gasteiger partial charge is 0.490 e. The summed E-state index contributed by atoms with van der Waals surface area (Å²) in [6.07, 6.45) is 2.24. The van der Waals surface area contributed by atoms with E-state index in [4.69, 9.17) is 26.8 Å². The van der Waals surface area contributed by atoms with E-state index in [0.717, 1.165) is 12.8 Å². The van der Waals surface area contributed by atoms with Gasteiger partial charge in [0.25, 0.3) is 5.91 Å². The predicted molar refractivity (Wildman–Crippen MR) is 81.9 cm³/mol. The summed E-state index contributed by atoms with van der Waals surface area (Å²) in [4.78, 5) is 12.4. The summed E-state index contributed by atoms with van der Waals surface area (Å²) in [6.45, 7) is 1.27. The standard InChI is InChI=1S/C15H21ClN2O3/c1-20-6-7-21-14-5-4-11(16)8-12(14)15(19)18-13(9-17)10-2-3-10/h4-5,8,10,13H,2-3,6-7,9,17H2,1H3,(H,18,19). The molecule has 0 bridgehead atoms. The molecule has 1 fully saturated rings. The first-order chi connectivity index (χ1) is 10.2. The van der Waals surface area contributed by atoms with Gasteiger partial charge in [-0.3, -0.25) is 4.79 Å². The van der Waals surface area contributed by atoms with E-state index in [1.165, 1.54) is 0 Å². The second-order valence-electron chi connectivity index (χ2n) is 5.13. The third kappa shape index (κ3) is 4.59. The summed E-state index contributed by atoms with van der Waals surface area (Å²) in [5, 5.41) is 3.46. The third-order valence-electron chi connectivity index (χ3n) is 3.49. The highest BCUT2D eigenvalue weighted by atomic mass is 35.5. The van der Waals surface area contributed by atoms with Gasteiger partial charge >= 0.3 is 0 Å². The summed E-state index contributed by atoms with van der Waals surface area (Å²) >= 11 is 5.98. The van der Waals surface area contributed by atoms with E-state index >= 15 is 0 Å². The lowest BCUT2D eigenvalue weighted by Gasteiger charge is -2.18. The molecule has 0 aliphatic heterocycles. The molecule has 1 aromatic carbocycles. The zero-order valence-corrected chi connectivity index (χ0v) is 12.9. The predicted octanol–water partition coefficient (Wildman–Crippen LogP) is 1.83. The maximum atomic E-state index is 12.4. The first kappa shape index (κ1) is 16.1. The number of halogens is 1. The maximum absolute atomic E-state index is 12.4. The number of hydrogen-bond donors (Lipinski definition) is 2. The van der Waals surface area contributed by atoms with Gasteiger partial charge in [-0.25, -0.2) is 0 Å². The Kier molecular flexibility index (Phi) is 5.85. The zero-order chi connectivity index (χ0) is 15.2. The summed E-state index contributed by atoms with van der Waals surface area (Å²) in [5.41, 5.74) is 6.15. The second-order valence-corrected chi connectivity index (χ2v) is 5.57. The summed E-state index contributed by atoms with van der Waals surface area (Å²) in [5.74, 6) is 0.795. The third-order valence-corrected chi connectivity index (χ3v) is 3.73. The Bertz CT molecular complexity index is 492. The van der Waals surface area contributed by atoms with Crippen LogP contribution in [-0.4, -0.2) is 38.8 Å². The molecule has 1 atom stereocenters. The van der Waals surface area contributed by atoms with Gasteiger partial charge in [0.1, 0.15) is 12.4 Å². The molecule has 0 saturated heterocycles. The Labute approximate surface area is 129 Å². The highest BCUT2D eigenvalue weighted by Crippen LogP contribution is 2.32. The Morgan fingerprint density at radius 2 is 2.24 bits per heavy atom. The number of ether oxygens (including phenoxy) is 2. The average Bonchev–Trinajstić information content (AvgIpc) is 3.31. The molecule has 1 amide bonds. The summed E-state index contributed by atoms with van der Waals surface area (Å²) < 4.78 is 10.5. The molecule has 0 radical (unpaired) electrons. The SMILES string of the molecule is COCCOc1ccc(Cl)cc1C(=O)NC(CN)C1CC1.